The number of carbonyl (C=O) groups excluding carboxylic acids is 1. The molecular weight excluding hydrogens is 283 g/mol. The highest BCUT2D eigenvalue weighted by atomic mass is 19.1. The first-order valence-electron chi connectivity index (χ1n) is 7.01. The molecule has 0 aliphatic heterocycles. The Balaban J connectivity index is 2.11. The molecule has 1 aromatic carbocycles. The Kier molecular flexibility index (Phi) is 4.75. The van der Waals surface area contributed by atoms with Crippen LogP contribution in [-0.4, -0.2) is 16.5 Å². The number of aromatic nitrogens is 1. The van der Waals surface area contributed by atoms with Gasteiger partial charge in [0.05, 0.1) is 12.6 Å². The van der Waals surface area contributed by atoms with E-state index >= 15 is 0 Å². The maximum Gasteiger partial charge on any atom is 0.229 e. The van der Waals surface area contributed by atoms with E-state index in [0.717, 1.165) is 0 Å². The molecule has 1 aromatic heterocycles. The van der Waals surface area contributed by atoms with Gasteiger partial charge in [-0.25, -0.2) is 4.39 Å². The van der Waals surface area contributed by atoms with Crippen LogP contribution >= 0.6 is 0 Å². The SMILES string of the molecule is CC(C)(C)Oc1ccncc1NC(=O)Cc1ccccc1F. The number of amides is 1. The molecule has 1 heterocycles. The summed E-state index contributed by atoms with van der Waals surface area (Å²) < 4.78 is 19.4. The Hall–Kier alpha value is -2.43. The van der Waals surface area contributed by atoms with Crippen LogP contribution in [0.15, 0.2) is 42.7 Å². The second-order valence-electron chi connectivity index (χ2n) is 5.90. The number of benzene rings is 1. The van der Waals surface area contributed by atoms with E-state index in [0.29, 0.717) is 17.0 Å². The first-order chi connectivity index (χ1) is 10.3. The fourth-order valence-electron chi connectivity index (χ4n) is 1.90. The number of ether oxygens (including phenoxy) is 1. The molecule has 2 aromatic rings. The average molecular weight is 302 g/mol. The number of rotatable bonds is 4. The van der Waals surface area contributed by atoms with Gasteiger partial charge in [0.25, 0.3) is 0 Å². The lowest BCUT2D eigenvalue weighted by Crippen LogP contribution is -2.24. The molecule has 0 aliphatic rings. The third-order valence-electron chi connectivity index (χ3n) is 2.78. The minimum Gasteiger partial charge on any atom is -0.486 e. The molecular formula is C17H19FN2O2. The highest BCUT2D eigenvalue weighted by molar-refractivity contribution is 5.93. The first kappa shape index (κ1) is 15.9. The fraction of sp³-hybridized carbons (Fsp3) is 0.294. The Morgan fingerprint density at radius 3 is 2.68 bits per heavy atom. The van der Waals surface area contributed by atoms with E-state index in [1.807, 2.05) is 20.8 Å². The zero-order chi connectivity index (χ0) is 16.2. The number of carbonyl (C=O) groups is 1. The zero-order valence-electron chi connectivity index (χ0n) is 12.9. The molecule has 0 bridgehead atoms. The lowest BCUT2D eigenvalue weighted by atomic mass is 10.1. The van der Waals surface area contributed by atoms with Crippen LogP contribution in [0.3, 0.4) is 0 Å². The van der Waals surface area contributed by atoms with Crippen LogP contribution in [0.25, 0.3) is 0 Å². The van der Waals surface area contributed by atoms with Gasteiger partial charge in [-0.05, 0) is 32.4 Å². The second-order valence-corrected chi connectivity index (χ2v) is 5.90. The van der Waals surface area contributed by atoms with E-state index in [2.05, 4.69) is 10.3 Å². The predicted octanol–water partition coefficient (Wildman–Crippen LogP) is 3.58. The van der Waals surface area contributed by atoms with Gasteiger partial charge < -0.3 is 10.1 Å². The molecule has 0 atom stereocenters. The third-order valence-corrected chi connectivity index (χ3v) is 2.78. The standard InChI is InChI=1S/C17H19FN2O2/c1-17(2,3)22-15-8-9-19-11-14(15)20-16(21)10-12-6-4-5-7-13(12)18/h4-9,11H,10H2,1-3H3,(H,20,21). The van der Waals surface area contributed by atoms with E-state index < -0.39 is 11.4 Å². The van der Waals surface area contributed by atoms with Gasteiger partial charge in [0.1, 0.15) is 22.9 Å². The summed E-state index contributed by atoms with van der Waals surface area (Å²) in [6.07, 6.45) is 3.06. The predicted molar refractivity (Wildman–Crippen MR) is 83.4 cm³/mol. The van der Waals surface area contributed by atoms with Crippen LogP contribution in [0.5, 0.6) is 5.75 Å². The first-order valence-corrected chi connectivity index (χ1v) is 7.01. The molecule has 1 N–H and O–H groups in total. The largest absolute Gasteiger partial charge is 0.486 e. The molecule has 4 nitrogen and oxygen atoms in total. The molecule has 2 rings (SSSR count). The van der Waals surface area contributed by atoms with Gasteiger partial charge in [-0.3, -0.25) is 9.78 Å². The molecule has 0 aliphatic carbocycles. The van der Waals surface area contributed by atoms with Crippen molar-refractivity contribution >= 4 is 11.6 Å². The van der Waals surface area contributed by atoms with Crippen molar-refractivity contribution in [3.63, 3.8) is 0 Å². The van der Waals surface area contributed by atoms with Gasteiger partial charge in [-0.2, -0.15) is 0 Å². The molecule has 0 spiro atoms. The quantitative estimate of drug-likeness (QED) is 0.939. The van der Waals surface area contributed by atoms with E-state index in [1.54, 1.807) is 30.5 Å². The van der Waals surface area contributed by atoms with Crippen LogP contribution < -0.4 is 10.1 Å². The number of nitrogens with zero attached hydrogens (tertiary/aromatic N) is 1. The summed E-state index contributed by atoms with van der Waals surface area (Å²) in [6, 6.07) is 7.90. The van der Waals surface area contributed by atoms with Crippen LogP contribution in [0, 0.1) is 5.82 Å². The second kappa shape index (κ2) is 6.56. The van der Waals surface area contributed by atoms with Crippen molar-refractivity contribution in [2.24, 2.45) is 0 Å². The summed E-state index contributed by atoms with van der Waals surface area (Å²) in [4.78, 5) is 16.1. The maximum atomic E-state index is 13.6. The van der Waals surface area contributed by atoms with Gasteiger partial charge in [0.15, 0.2) is 0 Å². The maximum absolute atomic E-state index is 13.6. The van der Waals surface area contributed by atoms with Gasteiger partial charge >= 0.3 is 0 Å². The Labute approximate surface area is 129 Å². The van der Waals surface area contributed by atoms with Gasteiger partial charge in [-0.1, -0.05) is 18.2 Å². The summed E-state index contributed by atoms with van der Waals surface area (Å²) in [7, 11) is 0. The molecule has 1 amide bonds. The molecule has 0 radical (unpaired) electrons. The van der Waals surface area contributed by atoms with Crippen molar-refractivity contribution in [3.8, 4) is 5.75 Å². The summed E-state index contributed by atoms with van der Waals surface area (Å²) in [6.45, 7) is 5.75. The van der Waals surface area contributed by atoms with E-state index in [-0.39, 0.29) is 12.3 Å². The highest BCUT2D eigenvalue weighted by Gasteiger charge is 2.16. The molecule has 116 valence electrons. The normalized spacial score (nSPS) is 11.1. The van der Waals surface area contributed by atoms with Crippen molar-refractivity contribution in [1.82, 2.24) is 4.98 Å². The van der Waals surface area contributed by atoms with E-state index in [4.69, 9.17) is 4.74 Å². The number of halogens is 1. The van der Waals surface area contributed by atoms with Gasteiger partial charge in [0, 0.05) is 12.3 Å². The summed E-state index contributed by atoms with van der Waals surface area (Å²) >= 11 is 0. The number of hydrogen-bond donors (Lipinski definition) is 1. The molecule has 5 heteroatoms. The number of anilines is 1. The van der Waals surface area contributed by atoms with Crippen LogP contribution in [-0.2, 0) is 11.2 Å². The number of pyridine rings is 1. The monoisotopic (exact) mass is 302 g/mol. The van der Waals surface area contributed by atoms with E-state index in [9.17, 15) is 9.18 Å². The minimum atomic E-state index is -0.396. The topological polar surface area (TPSA) is 51.2 Å². The van der Waals surface area contributed by atoms with Crippen molar-refractivity contribution in [2.45, 2.75) is 32.8 Å². The minimum absolute atomic E-state index is 0.0451. The molecule has 0 fully saturated rings. The lowest BCUT2D eigenvalue weighted by Gasteiger charge is -2.23. The summed E-state index contributed by atoms with van der Waals surface area (Å²) in [5, 5.41) is 2.72. The molecule has 0 saturated heterocycles. The molecule has 22 heavy (non-hydrogen) atoms. The van der Waals surface area contributed by atoms with Gasteiger partial charge in [-0.15, -0.1) is 0 Å². The Morgan fingerprint density at radius 1 is 1.27 bits per heavy atom. The average Bonchev–Trinajstić information content (AvgIpc) is 2.42. The van der Waals surface area contributed by atoms with Crippen molar-refractivity contribution < 1.29 is 13.9 Å². The third kappa shape index (κ3) is 4.55. The van der Waals surface area contributed by atoms with Crippen LogP contribution in [0.2, 0.25) is 0 Å². The fourth-order valence-corrected chi connectivity index (χ4v) is 1.90. The van der Waals surface area contributed by atoms with Gasteiger partial charge in [0.2, 0.25) is 5.91 Å². The Bertz CT molecular complexity index is 666. The van der Waals surface area contributed by atoms with Crippen LogP contribution in [0.1, 0.15) is 26.3 Å². The van der Waals surface area contributed by atoms with E-state index in [1.165, 1.54) is 12.3 Å². The molecule has 0 saturated carbocycles. The Morgan fingerprint density at radius 2 is 2.00 bits per heavy atom. The lowest BCUT2D eigenvalue weighted by molar-refractivity contribution is -0.115. The smallest absolute Gasteiger partial charge is 0.229 e. The van der Waals surface area contributed by atoms with Crippen molar-refractivity contribution in [3.05, 3.63) is 54.1 Å². The zero-order valence-corrected chi connectivity index (χ0v) is 12.9. The highest BCUT2D eigenvalue weighted by Crippen LogP contribution is 2.26. The van der Waals surface area contributed by atoms with Crippen molar-refractivity contribution in [2.75, 3.05) is 5.32 Å². The van der Waals surface area contributed by atoms with Crippen molar-refractivity contribution in [1.29, 1.82) is 0 Å². The molecule has 0 unspecified atom stereocenters. The van der Waals surface area contributed by atoms with Crippen LogP contribution in [0.4, 0.5) is 10.1 Å². The number of nitrogens with one attached hydrogen (secondary N) is 1. The summed E-state index contributed by atoms with van der Waals surface area (Å²) in [5.74, 6) is -0.184. The summed E-state index contributed by atoms with van der Waals surface area (Å²) in [5.41, 5.74) is 0.424. The number of hydrogen-bond acceptors (Lipinski definition) is 3.